The summed E-state index contributed by atoms with van der Waals surface area (Å²) in [5.74, 6) is -8.34. The van der Waals surface area contributed by atoms with Crippen LogP contribution in [0, 0.1) is 10.8 Å². The first-order chi connectivity index (χ1) is 29.4. The van der Waals surface area contributed by atoms with E-state index in [9.17, 15) is 48.3 Å². The van der Waals surface area contributed by atoms with Crippen molar-refractivity contribution in [2.24, 2.45) is 11.5 Å². The second-order valence-corrected chi connectivity index (χ2v) is 14.5. The molecule has 6 atom stereocenters. The van der Waals surface area contributed by atoms with Gasteiger partial charge >= 0.3 is 5.97 Å². The maximum absolute atomic E-state index is 13.9. The highest BCUT2D eigenvalue weighted by molar-refractivity contribution is 5.98. The Labute approximate surface area is 358 Å². The zero-order chi connectivity index (χ0) is 46.2. The molecule has 1 heterocycles. The Bertz CT molecular complexity index is 1760. The minimum Gasteiger partial charge on any atom is -0.480 e. The number of nitrogens with two attached hydrogens (primary N) is 2. The van der Waals surface area contributed by atoms with E-state index in [4.69, 9.17) is 22.3 Å². The Morgan fingerprint density at radius 1 is 0.806 bits per heavy atom. The fourth-order valence-corrected chi connectivity index (χ4v) is 6.08. The van der Waals surface area contributed by atoms with Gasteiger partial charge in [-0.05, 0) is 57.4 Å². The molecular formula is C38H60N14O10. The highest BCUT2D eigenvalue weighted by Crippen LogP contribution is 2.08. The van der Waals surface area contributed by atoms with Crippen LogP contribution in [0.4, 0.5) is 0 Å². The maximum atomic E-state index is 13.9. The lowest BCUT2D eigenvalue weighted by Crippen LogP contribution is -2.59. The van der Waals surface area contributed by atoms with Crippen LogP contribution in [0.15, 0.2) is 30.3 Å². The van der Waals surface area contributed by atoms with E-state index in [1.165, 1.54) is 13.8 Å². The van der Waals surface area contributed by atoms with Crippen LogP contribution in [0.5, 0.6) is 0 Å². The number of benzene rings is 1. The van der Waals surface area contributed by atoms with Gasteiger partial charge in [-0.3, -0.25) is 49.2 Å². The van der Waals surface area contributed by atoms with Crippen molar-refractivity contribution in [3.05, 3.63) is 35.9 Å². The average Bonchev–Trinajstić information content (AvgIpc) is 3.20. The van der Waals surface area contributed by atoms with E-state index in [0.717, 1.165) is 0 Å². The minimum absolute atomic E-state index is 0.0150. The molecular weight excluding hydrogens is 813 g/mol. The van der Waals surface area contributed by atoms with Crippen molar-refractivity contribution >= 4 is 65.1 Å². The molecule has 0 radical (unpaired) electrons. The van der Waals surface area contributed by atoms with Gasteiger partial charge in [-0.1, -0.05) is 30.3 Å². The number of rotatable bonds is 14. The molecule has 8 amide bonds. The van der Waals surface area contributed by atoms with Crippen molar-refractivity contribution in [2.75, 3.05) is 26.2 Å². The highest BCUT2D eigenvalue weighted by Gasteiger charge is 2.32. The number of carbonyl (C=O) groups excluding carboxylic acids is 8. The Kier molecular flexibility index (Phi) is 22.2. The molecule has 0 saturated carbocycles. The van der Waals surface area contributed by atoms with Crippen LogP contribution < -0.4 is 64.6 Å². The van der Waals surface area contributed by atoms with E-state index < -0.39 is 102 Å². The summed E-state index contributed by atoms with van der Waals surface area (Å²) < 4.78 is 0. The summed E-state index contributed by atoms with van der Waals surface area (Å²) in [5.41, 5.74) is 11.3. The van der Waals surface area contributed by atoms with E-state index in [2.05, 4.69) is 53.2 Å². The summed E-state index contributed by atoms with van der Waals surface area (Å²) >= 11 is 0. The maximum Gasteiger partial charge on any atom is 0.326 e. The molecule has 17 N–H and O–H groups in total. The first-order valence-corrected chi connectivity index (χ1v) is 20.1. The Morgan fingerprint density at radius 2 is 1.45 bits per heavy atom. The molecule has 0 spiro atoms. The summed E-state index contributed by atoms with van der Waals surface area (Å²) in [4.78, 5) is 118. The molecule has 0 bridgehead atoms. The van der Waals surface area contributed by atoms with Gasteiger partial charge in [-0.25, -0.2) is 4.79 Å². The quantitative estimate of drug-likeness (QED) is 0.0477. The van der Waals surface area contributed by atoms with Gasteiger partial charge in [0.15, 0.2) is 11.9 Å². The first kappa shape index (κ1) is 51.1. The van der Waals surface area contributed by atoms with Gasteiger partial charge in [-0.2, -0.15) is 0 Å². The Morgan fingerprint density at radius 3 is 2.08 bits per heavy atom. The highest BCUT2D eigenvalue weighted by atomic mass is 16.4. The van der Waals surface area contributed by atoms with Crippen molar-refractivity contribution in [3.63, 3.8) is 0 Å². The summed E-state index contributed by atoms with van der Waals surface area (Å²) in [6, 6.07) is 0.447. The average molecular weight is 873 g/mol. The lowest BCUT2D eigenvalue weighted by atomic mass is 10.0. The number of aliphatic carboxylic acids is 1. The van der Waals surface area contributed by atoms with Gasteiger partial charge in [0.2, 0.25) is 47.3 Å². The normalized spacial score (nSPS) is 21.7. The molecule has 1 aliphatic rings. The van der Waals surface area contributed by atoms with Crippen molar-refractivity contribution in [2.45, 2.75) is 108 Å². The molecule has 1 fully saturated rings. The second-order valence-electron chi connectivity index (χ2n) is 14.5. The molecule has 24 heteroatoms. The monoisotopic (exact) mass is 872 g/mol. The number of carbonyl (C=O) groups is 9. The number of carboxylic acids is 1. The molecule has 1 aliphatic heterocycles. The summed E-state index contributed by atoms with van der Waals surface area (Å²) in [5, 5.41) is 49.6. The SMILES string of the molecule is CC(=O)N[C@@H](CCCNC(=N)N)C(=O)N[C@H]1CC(=O)NCCCC[C@@H](C(=O)O)NC(=O)CNC(=O)[C@H](CCCNC(=N)N)NC(=O)[C@@H](Cc2ccccc2)NC(=O)[C@H](C)NC1=O. The first-order valence-electron chi connectivity index (χ1n) is 20.1. The van der Waals surface area contributed by atoms with Crippen LogP contribution >= 0.6 is 0 Å². The Hall–Kier alpha value is -7.01. The summed E-state index contributed by atoms with van der Waals surface area (Å²) in [6.07, 6.45) is 0.194. The van der Waals surface area contributed by atoms with E-state index in [1.54, 1.807) is 30.3 Å². The number of hydrogen-bond donors (Lipinski definition) is 15. The molecule has 1 saturated heterocycles. The molecule has 0 aromatic heterocycles. The van der Waals surface area contributed by atoms with Crippen molar-refractivity contribution in [3.8, 4) is 0 Å². The molecule has 0 aliphatic carbocycles. The van der Waals surface area contributed by atoms with E-state index in [0.29, 0.717) is 5.56 Å². The van der Waals surface area contributed by atoms with E-state index in [-0.39, 0.29) is 82.9 Å². The molecule has 1 aromatic carbocycles. The van der Waals surface area contributed by atoms with Gasteiger partial charge in [0.25, 0.3) is 0 Å². The minimum atomic E-state index is -1.59. The lowest BCUT2D eigenvalue weighted by Gasteiger charge is -2.26. The third-order valence-corrected chi connectivity index (χ3v) is 9.29. The fraction of sp³-hybridized carbons (Fsp3) is 0.553. The molecule has 62 heavy (non-hydrogen) atoms. The number of guanidine groups is 2. The molecule has 24 nitrogen and oxygen atoms in total. The summed E-state index contributed by atoms with van der Waals surface area (Å²) in [6.45, 7) is 2.19. The van der Waals surface area contributed by atoms with Gasteiger partial charge < -0.3 is 69.7 Å². The van der Waals surface area contributed by atoms with Crippen LogP contribution in [0.2, 0.25) is 0 Å². The van der Waals surface area contributed by atoms with Gasteiger partial charge in [0, 0.05) is 33.0 Å². The molecule has 342 valence electrons. The van der Waals surface area contributed by atoms with E-state index in [1.807, 2.05) is 0 Å². The van der Waals surface area contributed by atoms with Crippen LogP contribution in [0.3, 0.4) is 0 Å². The number of hydrogen-bond acceptors (Lipinski definition) is 11. The van der Waals surface area contributed by atoms with E-state index >= 15 is 0 Å². The Balaban J connectivity index is 2.47. The number of carboxylic acid groups (broad SMARTS) is 1. The zero-order valence-corrected chi connectivity index (χ0v) is 34.8. The molecule has 1 aromatic rings. The predicted octanol–water partition coefficient (Wildman–Crippen LogP) is -4.40. The van der Waals surface area contributed by atoms with Gasteiger partial charge in [0.05, 0.1) is 13.0 Å². The summed E-state index contributed by atoms with van der Waals surface area (Å²) in [7, 11) is 0. The third kappa shape index (κ3) is 20.3. The van der Waals surface area contributed by atoms with Gasteiger partial charge in [0.1, 0.15) is 36.3 Å². The largest absolute Gasteiger partial charge is 0.480 e. The van der Waals surface area contributed by atoms with Crippen molar-refractivity contribution in [1.29, 1.82) is 10.8 Å². The fourth-order valence-electron chi connectivity index (χ4n) is 6.08. The van der Waals surface area contributed by atoms with Crippen LogP contribution in [0.1, 0.15) is 70.8 Å². The van der Waals surface area contributed by atoms with Crippen molar-refractivity contribution < 1.29 is 48.3 Å². The van der Waals surface area contributed by atoms with Crippen LogP contribution in [0.25, 0.3) is 0 Å². The lowest BCUT2D eigenvalue weighted by molar-refractivity contribution is -0.142. The van der Waals surface area contributed by atoms with Gasteiger partial charge in [-0.15, -0.1) is 0 Å². The standard InChI is InChI=1S/C38H60N14O10/c1-21-31(56)51-27(18-23-10-4-3-5-11-23)35(60)50-24(13-8-16-44-37(39)40)32(57)46-20-30(55)49-26(36(61)62)12-6-7-15-43-29(54)19-28(34(59)47-21)52-33(58)25(48-22(2)53)14-9-17-45-38(41)42/h3-5,10-11,21,24-28H,6-9,12-20H2,1-2H3,(H,43,54)(H,46,57)(H,47,59)(H,48,53)(H,49,55)(H,50,60)(H,51,56)(H,52,58)(H,61,62)(H4,39,40,44)(H4,41,42,45)/t21-,24-,25-,26-,27+,28-/m0/s1. The number of nitrogens with one attached hydrogen (secondary N) is 12. The smallest absolute Gasteiger partial charge is 0.326 e. The van der Waals surface area contributed by atoms with Crippen LogP contribution in [-0.2, 0) is 49.6 Å². The topological polar surface area (TPSA) is 394 Å². The molecule has 0 unspecified atom stereocenters. The molecule has 2 rings (SSSR count). The second kappa shape index (κ2) is 27.0. The third-order valence-electron chi connectivity index (χ3n) is 9.29. The zero-order valence-electron chi connectivity index (χ0n) is 34.8. The van der Waals surface area contributed by atoms with Crippen LogP contribution in [-0.4, -0.2) is 133 Å². The van der Waals surface area contributed by atoms with Crippen molar-refractivity contribution in [1.82, 2.24) is 53.2 Å². The predicted molar refractivity (Wildman–Crippen MR) is 224 cm³/mol. The number of amides is 8.